The zero-order valence-electron chi connectivity index (χ0n) is 8.56. The molecule has 0 unspecified atom stereocenters. The number of nitrogens with zero attached hydrogens (tertiary/aromatic N) is 1. The molecule has 0 saturated heterocycles. The third kappa shape index (κ3) is 3.00. The molecule has 1 heterocycles. The highest BCUT2D eigenvalue weighted by atomic mass is 127. The van der Waals surface area contributed by atoms with Crippen LogP contribution in [0.15, 0.2) is 42.6 Å². The lowest BCUT2D eigenvalue weighted by atomic mass is 10.3. The van der Waals surface area contributed by atoms with E-state index in [1.165, 1.54) is 30.5 Å². The number of rotatable bonds is 2. The van der Waals surface area contributed by atoms with E-state index in [0.717, 1.165) is 0 Å². The molecular formula is C12H7FINO2. The number of carbonyl (C=O) groups is 1. The van der Waals surface area contributed by atoms with Crippen molar-refractivity contribution < 1.29 is 13.9 Å². The highest BCUT2D eigenvalue weighted by Gasteiger charge is 2.10. The van der Waals surface area contributed by atoms with Crippen LogP contribution in [-0.2, 0) is 0 Å². The number of carbonyl (C=O) groups excluding carboxylic acids is 1. The first-order valence-corrected chi connectivity index (χ1v) is 5.83. The minimum Gasteiger partial charge on any atom is -0.422 e. The van der Waals surface area contributed by atoms with Crippen molar-refractivity contribution in [1.82, 2.24) is 4.98 Å². The van der Waals surface area contributed by atoms with E-state index < -0.39 is 11.8 Å². The first kappa shape index (κ1) is 12.0. The summed E-state index contributed by atoms with van der Waals surface area (Å²) in [7, 11) is 0. The molecule has 2 aromatic rings. The van der Waals surface area contributed by atoms with Gasteiger partial charge in [0.05, 0.1) is 0 Å². The lowest BCUT2D eigenvalue weighted by Crippen LogP contribution is -2.10. The number of esters is 1. The summed E-state index contributed by atoms with van der Waals surface area (Å²) < 4.78 is 18.7. The van der Waals surface area contributed by atoms with E-state index >= 15 is 0 Å². The Hall–Kier alpha value is -1.50. The summed E-state index contributed by atoms with van der Waals surface area (Å²) in [5, 5.41) is 0. The van der Waals surface area contributed by atoms with Crippen LogP contribution < -0.4 is 4.74 Å². The smallest absolute Gasteiger partial charge is 0.362 e. The summed E-state index contributed by atoms with van der Waals surface area (Å²) in [4.78, 5) is 15.4. The second-order valence-corrected chi connectivity index (χ2v) is 4.34. The quantitative estimate of drug-likeness (QED) is 0.478. The van der Waals surface area contributed by atoms with Crippen LogP contribution >= 0.6 is 22.6 Å². The number of ether oxygens (including phenoxy) is 1. The largest absolute Gasteiger partial charge is 0.422 e. The number of pyridine rings is 1. The lowest BCUT2D eigenvalue weighted by Gasteiger charge is -2.04. The fourth-order valence-electron chi connectivity index (χ4n) is 1.18. The van der Waals surface area contributed by atoms with Crippen molar-refractivity contribution in [2.75, 3.05) is 0 Å². The third-order valence-electron chi connectivity index (χ3n) is 1.98. The lowest BCUT2D eigenvalue weighted by molar-refractivity contribution is 0.0728. The Kier molecular flexibility index (Phi) is 3.68. The molecule has 0 aliphatic rings. The highest BCUT2D eigenvalue weighted by molar-refractivity contribution is 14.1. The molecule has 0 saturated carbocycles. The fraction of sp³-hybridized carbons (Fsp3) is 0. The van der Waals surface area contributed by atoms with Gasteiger partial charge in [-0.25, -0.2) is 14.2 Å². The minimum absolute atomic E-state index is 0.165. The summed E-state index contributed by atoms with van der Waals surface area (Å²) in [6.07, 6.45) is 1.49. The molecule has 0 radical (unpaired) electrons. The molecule has 0 N–H and O–H groups in total. The van der Waals surface area contributed by atoms with Crippen molar-refractivity contribution in [3.63, 3.8) is 0 Å². The van der Waals surface area contributed by atoms with Crippen molar-refractivity contribution in [3.05, 3.63) is 57.7 Å². The molecule has 0 atom stereocenters. The second kappa shape index (κ2) is 5.22. The molecular weight excluding hydrogens is 336 g/mol. The van der Waals surface area contributed by atoms with Crippen LogP contribution in [0.3, 0.4) is 0 Å². The monoisotopic (exact) mass is 343 g/mol. The summed E-state index contributed by atoms with van der Waals surface area (Å²) in [6.45, 7) is 0. The zero-order chi connectivity index (χ0) is 12.3. The normalized spacial score (nSPS) is 10.0. The number of halogens is 2. The molecule has 5 heteroatoms. The molecule has 0 bridgehead atoms. The summed E-state index contributed by atoms with van der Waals surface area (Å²) in [5.41, 5.74) is 0.187. The Morgan fingerprint density at radius 2 is 2.12 bits per heavy atom. The van der Waals surface area contributed by atoms with Crippen LogP contribution in [0, 0.1) is 9.39 Å². The van der Waals surface area contributed by atoms with Gasteiger partial charge in [-0.1, -0.05) is 6.07 Å². The van der Waals surface area contributed by atoms with Gasteiger partial charge in [0.2, 0.25) is 0 Å². The summed E-state index contributed by atoms with van der Waals surface area (Å²) in [5.74, 6) is -0.860. The van der Waals surface area contributed by atoms with E-state index in [4.69, 9.17) is 4.74 Å². The van der Waals surface area contributed by atoms with Crippen LogP contribution in [0.5, 0.6) is 5.75 Å². The van der Waals surface area contributed by atoms with E-state index in [9.17, 15) is 9.18 Å². The van der Waals surface area contributed by atoms with Crippen LogP contribution in [0.25, 0.3) is 0 Å². The molecule has 0 aliphatic carbocycles. The van der Waals surface area contributed by atoms with Gasteiger partial charge < -0.3 is 4.74 Å². The predicted octanol–water partition coefficient (Wildman–Crippen LogP) is 3.04. The van der Waals surface area contributed by atoms with Crippen molar-refractivity contribution in [2.45, 2.75) is 0 Å². The molecule has 1 aromatic heterocycles. The maximum atomic E-state index is 13.2. The van der Waals surface area contributed by atoms with E-state index in [0.29, 0.717) is 3.57 Å². The molecule has 0 spiro atoms. The molecule has 0 aliphatic heterocycles. The fourth-order valence-corrected chi connectivity index (χ4v) is 1.52. The van der Waals surface area contributed by atoms with Gasteiger partial charge in [-0.05, 0) is 46.9 Å². The standard InChI is InChI=1S/C12H7FINO2/c13-9-7-8(4-5-10(9)14)17-12(16)11-3-1-2-6-15-11/h1-7H. The highest BCUT2D eigenvalue weighted by Crippen LogP contribution is 2.18. The first-order valence-electron chi connectivity index (χ1n) is 4.75. The Morgan fingerprint density at radius 1 is 1.29 bits per heavy atom. The number of aromatic nitrogens is 1. The first-order chi connectivity index (χ1) is 8.16. The molecule has 3 nitrogen and oxygen atoms in total. The van der Waals surface area contributed by atoms with E-state index in [1.54, 1.807) is 12.1 Å². The van der Waals surface area contributed by atoms with Gasteiger partial charge in [0, 0.05) is 15.8 Å². The maximum absolute atomic E-state index is 13.2. The van der Waals surface area contributed by atoms with Gasteiger partial charge in [-0.3, -0.25) is 0 Å². The van der Waals surface area contributed by atoms with Crippen LogP contribution in [0.4, 0.5) is 4.39 Å². The zero-order valence-corrected chi connectivity index (χ0v) is 10.7. The van der Waals surface area contributed by atoms with Gasteiger partial charge in [-0.2, -0.15) is 0 Å². The van der Waals surface area contributed by atoms with Crippen molar-refractivity contribution in [3.8, 4) is 5.75 Å². The Balaban J connectivity index is 2.16. The molecule has 0 amide bonds. The Morgan fingerprint density at radius 3 is 2.76 bits per heavy atom. The van der Waals surface area contributed by atoms with Gasteiger partial charge in [-0.15, -0.1) is 0 Å². The topological polar surface area (TPSA) is 39.2 Å². The summed E-state index contributed by atoms with van der Waals surface area (Å²) >= 11 is 1.86. The van der Waals surface area contributed by atoms with Gasteiger partial charge in [0.15, 0.2) is 0 Å². The molecule has 86 valence electrons. The predicted molar refractivity (Wildman–Crippen MR) is 68.3 cm³/mol. The van der Waals surface area contributed by atoms with E-state index in [2.05, 4.69) is 4.98 Å². The van der Waals surface area contributed by atoms with Gasteiger partial charge >= 0.3 is 5.97 Å². The number of benzene rings is 1. The Bertz CT molecular complexity index is 545. The SMILES string of the molecule is O=C(Oc1ccc(I)c(F)c1)c1ccccn1. The molecule has 1 aromatic carbocycles. The van der Waals surface area contributed by atoms with Crippen molar-refractivity contribution >= 4 is 28.6 Å². The molecule has 2 rings (SSSR count). The second-order valence-electron chi connectivity index (χ2n) is 3.18. The number of hydrogen-bond acceptors (Lipinski definition) is 3. The van der Waals surface area contributed by atoms with Gasteiger partial charge in [0.1, 0.15) is 17.3 Å². The number of hydrogen-bond donors (Lipinski definition) is 0. The van der Waals surface area contributed by atoms with Crippen LogP contribution in [0.1, 0.15) is 10.5 Å². The molecule has 17 heavy (non-hydrogen) atoms. The average Bonchev–Trinajstić information content (AvgIpc) is 2.35. The van der Waals surface area contributed by atoms with Crippen LogP contribution in [-0.4, -0.2) is 11.0 Å². The minimum atomic E-state index is -0.605. The van der Waals surface area contributed by atoms with Crippen LogP contribution in [0.2, 0.25) is 0 Å². The van der Waals surface area contributed by atoms with Crippen molar-refractivity contribution in [1.29, 1.82) is 0 Å². The Labute approximate surface area is 111 Å². The third-order valence-corrected chi connectivity index (χ3v) is 2.85. The summed E-state index contributed by atoms with van der Waals surface area (Å²) in [6, 6.07) is 9.15. The maximum Gasteiger partial charge on any atom is 0.362 e. The molecule has 0 fully saturated rings. The van der Waals surface area contributed by atoms with E-state index in [-0.39, 0.29) is 11.4 Å². The average molecular weight is 343 g/mol. The van der Waals surface area contributed by atoms with Crippen molar-refractivity contribution in [2.24, 2.45) is 0 Å². The van der Waals surface area contributed by atoms with Gasteiger partial charge in [0.25, 0.3) is 0 Å². The van der Waals surface area contributed by atoms with E-state index in [1.807, 2.05) is 22.6 Å².